The maximum absolute atomic E-state index is 11.1. The summed E-state index contributed by atoms with van der Waals surface area (Å²) in [5.41, 5.74) is 0.0631. The van der Waals surface area contributed by atoms with E-state index in [0.29, 0.717) is 0 Å². The molecule has 1 aliphatic rings. The fourth-order valence-corrected chi connectivity index (χ4v) is 2.22. The van der Waals surface area contributed by atoms with Gasteiger partial charge in [-0.25, -0.2) is 4.79 Å². The van der Waals surface area contributed by atoms with Crippen LogP contribution >= 0.6 is 0 Å². The Hall–Kier alpha value is -0.570. The van der Waals surface area contributed by atoms with E-state index in [9.17, 15) is 9.90 Å². The highest BCUT2D eigenvalue weighted by Crippen LogP contribution is 2.44. The first kappa shape index (κ1) is 10.5. The van der Waals surface area contributed by atoms with Gasteiger partial charge in [-0.1, -0.05) is 20.3 Å². The van der Waals surface area contributed by atoms with E-state index in [-0.39, 0.29) is 11.3 Å². The molecule has 0 aromatic carbocycles. The molecule has 0 saturated heterocycles. The monoisotopic (exact) mass is 186 g/mol. The van der Waals surface area contributed by atoms with Gasteiger partial charge < -0.3 is 9.84 Å². The first-order valence-corrected chi connectivity index (χ1v) is 4.75. The summed E-state index contributed by atoms with van der Waals surface area (Å²) in [6.45, 7) is 4.19. The summed E-state index contributed by atoms with van der Waals surface area (Å²) in [4.78, 5) is 11.1. The Morgan fingerprint density at radius 3 is 2.62 bits per heavy atom. The van der Waals surface area contributed by atoms with Gasteiger partial charge in [0, 0.05) is 5.92 Å². The van der Waals surface area contributed by atoms with Gasteiger partial charge in [0.25, 0.3) is 0 Å². The molecule has 0 radical (unpaired) electrons. The van der Waals surface area contributed by atoms with E-state index < -0.39 is 12.1 Å². The van der Waals surface area contributed by atoms with E-state index in [1.807, 2.05) is 0 Å². The van der Waals surface area contributed by atoms with Crippen molar-refractivity contribution in [3.8, 4) is 0 Å². The molecule has 1 saturated carbocycles. The van der Waals surface area contributed by atoms with Crippen molar-refractivity contribution in [3.05, 3.63) is 0 Å². The number of aliphatic hydroxyl groups is 1. The second-order valence-electron chi connectivity index (χ2n) is 4.46. The average molecular weight is 186 g/mol. The van der Waals surface area contributed by atoms with Crippen LogP contribution in [0.3, 0.4) is 0 Å². The van der Waals surface area contributed by atoms with Gasteiger partial charge in [-0.15, -0.1) is 0 Å². The van der Waals surface area contributed by atoms with Crippen LogP contribution in [-0.2, 0) is 9.53 Å². The van der Waals surface area contributed by atoms with Crippen LogP contribution in [0.1, 0.15) is 33.1 Å². The first-order chi connectivity index (χ1) is 5.99. The zero-order valence-corrected chi connectivity index (χ0v) is 8.54. The summed E-state index contributed by atoms with van der Waals surface area (Å²) >= 11 is 0. The van der Waals surface area contributed by atoms with E-state index >= 15 is 0 Å². The third-order valence-electron chi connectivity index (χ3n) is 3.16. The molecular formula is C10H18O3. The number of methoxy groups -OCH3 is 1. The number of carbonyl (C=O) groups excluding carboxylic acids is 1. The van der Waals surface area contributed by atoms with Crippen LogP contribution in [0.2, 0.25) is 0 Å². The Bertz CT molecular complexity index is 198. The lowest BCUT2D eigenvalue weighted by Crippen LogP contribution is -2.36. The smallest absolute Gasteiger partial charge is 0.334 e. The van der Waals surface area contributed by atoms with E-state index in [1.54, 1.807) is 0 Å². The molecule has 0 aromatic heterocycles. The van der Waals surface area contributed by atoms with Crippen molar-refractivity contribution >= 4 is 5.97 Å². The van der Waals surface area contributed by atoms with Crippen molar-refractivity contribution in [2.45, 2.75) is 39.2 Å². The molecule has 2 unspecified atom stereocenters. The second kappa shape index (κ2) is 3.66. The summed E-state index contributed by atoms with van der Waals surface area (Å²) in [6, 6.07) is 0. The fourth-order valence-electron chi connectivity index (χ4n) is 2.22. The normalized spacial score (nSPS) is 28.5. The molecule has 13 heavy (non-hydrogen) atoms. The van der Waals surface area contributed by atoms with Crippen molar-refractivity contribution in [2.75, 3.05) is 7.11 Å². The van der Waals surface area contributed by atoms with Gasteiger partial charge in [0.15, 0.2) is 6.10 Å². The minimum atomic E-state index is -0.942. The molecule has 1 aliphatic carbocycles. The second-order valence-corrected chi connectivity index (χ2v) is 4.46. The first-order valence-electron chi connectivity index (χ1n) is 4.75. The Morgan fingerprint density at radius 2 is 2.23 bits per heavy atom. The van der Waals surface area contributed by atoms with Crippen molar-refractivity contribution < 1.29 is 14.6 Å². The fraction of sp³-hybridized carbons (Fsp3) is 0.900. The van der Waals surface area contributed by atoms with Gasteiger partial charge in [0.2, 0.25) is 0 Å². The van der Waals surface area contributed by atoms with Crippen LogP contribution in [0.15, 0.2) is 0 Å². The van der Waals surface area contributed by atoms with E-state index in [4.69, 9.17) is 0 Å². The zero-order chi connectivity index (χ0) is 10.1. The van der Waals surface area contributed by atoms with Crippen LogP contribution in [-0.4, -0.2) is 24.3 Å². The van der Waals surface area contributed by atoms with Gasteiger partial charge >= 0.3 is 5.97 Å². The number of carbonyl (C=O) groups is 1. The molecule has 0 heterocycles. The quantitative estimate of drug-likeness (QED) is 0.662. The maximum Gasteiger partial charge on any atom is 0.334 e. The molecule has 1 N–H and O–H groups in total. The molecule has 3 heteroatoms. The molecule has 0 spiro atoms. The molecule has 0 aromatic rings. The van der Waals surface area contributed by atoms with Gasteiger partial charge in [-0.2, -0.15) is 0 Å². The number of ether oxygens (including phenoxy) is 1. The van der Waals surface area contributed by atoms with Crippen molar-refractivity contribution in [3.63, 3.8) is 0 Å². The number of aliphatic hydroxyl groups excluding tert-OH is 1. The molecule has 76 valence electrons. The lowest BCUT2D eigenvalue weighted by Gasteiger charge is -2.29. The highest BCUT2D eigenvalue weighted by molar-refractivity contribution is 5.74. The van der Waals surface area contributed by atoms with Crippen molar-refractivity contribution in [2.24, 2.45) is 11.3 Å². The van der Waals surface area contributed by atoms with Gasteiger partial charge in [-0.05, 0) is 18.3 Å². The topological polar surface area (TPSA) is 46.5 Å². The molecule has 0 amide bonds. The maximum atomic E-state index is 11.1. The standard InChI is InChI=1S/C10H18O3/c1-10(2)6-4-5-7(10)8(11)9(12)13-3/h7-8,11H,4-6H2,1-3H3. The molecular weight excluding hydrogens is 168 g/mol. The Labute approximate surface area is 79.1 Å². The van der Waals surface area contributed by atoms with Gasteiger partial charge in [-0.3, -0.25) is 0 Å². The molecule has 0 aliphatic heterocycles. The zero-order valence-electron chi connectivity index (χ0n) is 8.54. The summed E-state index contributed by atoms with van der Waals surface area (Å²) in [7, 11) is 1.31. The minimum Gasteiger partial charge on any atom is -0.467 e. The minimum absolute atomic E-state index is 0.0555. The molecule has 0 bridgehead atoms. The number of esters is 1. The SMILES string of the molecule is COC(=O)C(O)C1CCCC1(C)C. The van der Waals surface area contributed by atoms with Gasteiger partial charge in [0.1, 0.15) is 0 Å². The van der Waals surface area contributed by atoms with Crippen LogP contribution in [0.4, 0.5) is 0 Å². The van der Waals surface area contributed by atoms with E-state index in [1.165, 1.54) is 7.11 Å². The highest BCUT2D eigenvalue weighted by atomic mass is 16.5. The average Bonchev–Trinajstić information content (AvgIpc) is 2.42. The number of rotatable bonds is 2. The van der Waals surface area contributed by atoms with Crippen LogP contribution in [0.25, 0.3) is 0 Å². The molecule has 1 fully saturated rings. The Balaban J connectivity index is 2.66. The summed E-state index contributed by atoms with van der Waals surface area (Å²) in [5, 5.41) is 9.68. The Morgan fingerprint density at radius 1 is 1.62 bits per heavy atom. The largest absolute Gasteiger partial charge is 0.467 e. The third kappa shape index (κ3) is 2.02. The lowest BCUT2D eigenvalue weighted by molar-refractivity contribution is -0.155. The lowest BCUT2D eigenvalue weighted by atomic mass is 9.78. The highest BCUT2D eigenvalue weighted by Gasteiger charge is 2.42. The summed E-state index contributed by atoms with van der Waals surface area (Å²) in [5.74, 6) is -0.445. The predicted octanol–water partition coefficient (Wildman–Crippen LogP) is 1.35. The van der Waals surface area contributed by atoms with E-state index in [0.717, 1.165) is 19.3 Å². The van der Waals surface area contributed by atoms with Crippen LogP contribution < -0.4 is 0 Å². The molecule has 1 rings (SSSR count). The summed E-state index contributed by atoms with van der Waals surface area (Å²) < 4.78 is 4.53. The molecule has 3 nitrogen and oxygen atoms in total. The Kier molecular flexibility index (Phi) is 2.96. The van der Waals surface area contributed by atoms with E-state index in [2.05, 4.69) is 18.6 Å². The van der Waals surface area contributed by atoms with Crippen LogP contribution in [0, 0.1) is 11.3 Å². The van der Waals surface area contributed by atoms with Crippen molar-refractivity contribution in [1.82, 2.24) is 0 Å². The van der Waals surface area contributed by atoms with Crippen LogP contribution in [0.5, 0.6) is 0 Å². The number of hydrogen-bond acceptors (Lipinski definition) is 3. The predicted molar refractivity (Wildman–Crippen MR) is 49.1 cm³/mol. The third-order valence-corrected chi connectivity index (χ3v) is 3.16. The number of hydrogen-bond donors (Lipinski definition) is 1. The van der Waals surface area contributed by atoms with Crippen molar-refractivity contribution in [1.29, 1.82) is 0 Å². The summed E-state index contributed by atoms with van der Waals surface area (Å²) in [6.07, 6.45) is 2.14. The molecule has 2 atom stereocenters. The van der Waals surface area contributed by atoms with Gasteiger partial charge in [0.05, 0.1) is 7.11 Å².